The summed E-state index contributed by atoms with van der Waals surface area (Å²) in [5.74, 6) is 0.416. The first-order valence-electron chi connectivity index (χ1n) is 7.69. The third-order valence-corrected chi connectivity index (χ3v) is 3.94. The third kappa shape index (κ3) is 2.97. The van der Waals surface area contributed by atoms with E-state index in [1.807, 2.05) is 60.7 Å². The van der Waals surface area contributed by atoms with E-state index in [9.17, 15) is 4.79 Å². The summed E-state index contributed by atoms with van der Waals surface area (Å²) in [4.78, 5) is 21.8. The van der Waals surface area contributed by atoms with Crippen LogP contribution in [-0.4, -0.2) is 14.5 Å². The predicted octanol–water partition coefficient (Wildman–Crippen LogP) is 4.18. The number of hydrogen-bond donors (Lipinski definition) is 1. The van der Waals surface area contributed by atoms with Gasteiger partial charge in [-0.3, -0.25) is 4.79 Å². The smallest absolute Gasteiger partial charge is 0.286 e. The Morgan fingerprint density at radius 1 is 0.840 bits per heavy atom. The van der Waals surface area contributed by atoms with Crippen LogP contribution >= 0.6 is 11.6 Å². The number of anilines is 2. The van der Waals surface area contributed by atoms with Gasteiger partial charge in [0.1, 0.15) is 5.15 Å². The van der Waals surface area contributed by atoms with Crippen LogP contribution in [0, 0.1) is 0 Å². The molecule has 0 aliphatic carbocycles. The molecule has 4 rings (SSSR count). The number of rotatable bonds is 3. The number of pyridine rings is 1. The molecule has 6 heteroatoms. The van der Waals surface area contributed by atoms with Crippen LogP contribution in [0.3, 0.4) is 0 Å². The van der Waals surface area contributed by atoms with E-state index in [0.717, 1.165) is 5.69 Å². The van der Waals surface area contributed by atoms with E-state index in [1.54, 1.807) is 12.1 Å². The Balaban J connectivity index is 1.99. The molecule has 0 unspecified atom stereocenters. The van der Waals surface area contributed by atoms with E-state index in [4.69, 9.17) is 11.6 Å². The number of hydrogen-bond acceptors (Lipinski definition) is 4. The molecule has 0 radical (unpaired) electrons. The predicted molar refractivity (Wildman–Crippen MR) is 99.9 cm³/mol. The van der Waals surface area contributed by atoms with Gasteiger partial charge in [0.25, 0.3) is 5.56 Å². The Hall–Kier alpha value is -3.18. The molecular formula is C19H13ClN4O. The number of benzene rings is 2. The highest BCUT2D eigenvalue weighted by atomic mass is 35.5. The van der Waals surface area contributed by atoms with Crippen molar-refractivity contribution in [3.05, 3.63) is 88.3 Å². The zero-order valence-electron chi connectivity index (χ0n) is 13.1. The topological polar surface area (TPSA) is 59.8 Å². The van der Waals surface area contributed by atoms with E-state index in [0.29, 0.717) is 17.2 Å². The van der Waals surface area contributed by atoms with Crippen molar-refractivity contribution in [2.45, 2.75) is 0 Å². The highest BCUT2D eigenvalue weighted by Gasteiger charge is 2.14. The molecule has 122 valence electrons. The number of para-hydroxylation sites is 2. The van der Waals surface area contributed by atoms with E-state index < -0.39 is 0 Å². The molecule has 2 aromatic heterocycles. The standard InChI is InChI=1S/C19H13ClN4O/c20-16-12-11-15-17(23-16)18(25)24(14-9-5-2-6-10-14)19(22-15)21-13-7-3-1-4-8-13/h1-12H,(H,21,22). The second-order valence-corrected chi connectivity index (χ2v) is 5.79. The molecule has 0 atom stereocenters. The highest BCUT2D eigenvalue weighted by molar-refractivity contribution is 6.29. The second kappa shape index (κ2) is 6.37. The molecule has 1 N–H and O–H groups in total. The van der Waals surface area contributed by atoms with Crippen LogP contribution in [-0.2, 0) is 0 Å². The van der Waals surface area contributed by atoms with Gasteiger partial charge in [0.2, 0.25) is 5.95 Å². The van der Waals surface area contributed by atoms with Crippen molar-refractivity contribution in [2.24, 2.45) is 0 Å². The summed E-state index contributed by atoms with van der Waals surface area (Å²) < 4.78 is 1.50. The van der Waals surface area contributed by atoms with Gasteiger partial charge in [-0.15, -0.1) is 0 Å². The normalized spacial score (nSPS) is 10.8. The largest absolute Gasteiger partial charge is 0.325 e. The Kier molecular flexibility index (Phi) is 3.91. The van der Waals surface area contributed by atoms with Crippen molar-refractivity contribution in [3.63, 3.8) is 0 Å². The summed E-state index contributed by atoms with van der Waals surface area (Å²) in [6.45, 7) is 0. The molecule has 2 aromatic carbocycles. The van der Waals surface area contributed by atoms with Crippen molar-refractivity contribution < 1.29 is 0 Å². The zero-order valence-corrected chi connectivity index (χ0v) is 13.8. The molecule has 0 amide bonds. The number of nitrogens with zero attached hydrogens (tertiary/aromatic N) is 3. The van der Waals surface area contributed by atoms with Gasteiger partial charge in [-0.1, -0.05) is 48.0 Å². The molecule has 4 aromatic rings. The number of nitrogens with one attached hydrogen (secondary N) is 1. The zero-order chi connectivity index (χ0) is 17.2. The molecular weight excluding hydrogens is 336 g/mol. The first kappa shape index (κ1) is 15.4. The monoisotopic (exact) mass is 348 g/mol. The van der Waals surface area contributed by atoms with Crippen molar-refractivity contribution in [2.75, 3.05) is 5.32 Å². The van der Waals surface area contributed by atoms with Gasteiger partial charge in [0, 0.05) is 5.69 Å². The fraction of sp³-hybridized carbons (Fsp3) is 0. The molecule has 0 saturated carbocycles. The van der Waals surface area contributed by atoms with Gasteiger partial charge in [-0.05, 0) is 36.4 Å². The molecule has 5 nitrogen and oxygen atoms in total. The van der Waals surface area contributed by atoms with Crippen molar-refractivity contribution in [1.82, 2.24) is 14.5 Å². The highest BCUT2D eigenvalue weighted by Crippen LogP contribution is 2.20. The van der Waals surface area contributed by atoms with Crippen LogP contribution in [0.4, 0.5) is 11.6 Å². The lowest BCUT2D eigenvalue weighted by Gasteiger charge is -2.14. The molecule has 0 spiro atoms. The first-order chi connectivity index (χ1) is 12.2. The van der Waals surface area contributed by atoms with Gasteiger partial charge >= 0.3 is 0 Å². The maximum absolute atomic E-state index is 13.1. The number of halogens is 1. The fourth-order valence-electron chi connectivity index (χ4n) is 2.59. The summed E-state index contributed by atoms with van der Waals surface area (Å²) in [5.41, 5.74) is 1.97. The Bertz CT molecular complexity index is 1090. The average Bonchev–Trinajstić information content (AvgIpc) is 2.64. The van der Waals surface area contributed by atoms with Crippen LogP contribution in [0.25, 0.3) is 16.7 Å². The van der Waals surface area contributed by atoms with Crippen molar-refractivity contribution in [3.8, 4) is 5.69 Å². The molecule has 0 saturated heterocycles. The molecule has 0 fully saturated rings. The Morgan fingerprint density at radius 2 is 1.52 bits per heavy atom. The minimum absolute atomic E-state index is 0.231. The van der Waals surface area contributed by atoms with Crippen LogP contribution in [0.15, 0.2) is 77.6 Å². The molecule has 0 aliphatic heterocycles. The van der Waals surface area contributed by atoms with Gasteiger partial charge in [-0.2, -0.15) is 0 Å². The van der Waals surface area contributed by atoms with Gasteiger partial charge in [-0.25, -0.2) is 14.5 Å². The van der Waals surface area contributed by atoms with Crippen molar-refractivity contribution in [1.29, 1.82) is 0 Å². The number of aromatic nitrogens is 3. The van der Waals surface area contributed by atoms with Crippen LogP contribution < -0.4 is 10.9 Å². The second-order valence-electron chi connectivity index (χ2n) is 5.40. The summed E-state index contributed by atoms with van der Waals surface area (Å²) in [5, 5.41) is 3.47. The van der Waals surface area contributed by atoms with Crippen molar-refractivity contribution >= 4 is 34.3 Å². The van der Waals surface area contributed by atoms with Gasteiger partial charge < -0.3 is 5.32 Å². The number of fused-ring (bicyclic) bond motifs is 1. The third-order valence-electron chi connectivity index (χ3n) is 3.73. The quantitative estimate of drug-likeness (QED) is 0.564. The minimum atomic E-state index is -0.280. The molecule has 0 aliphatic rings. The summed E-state index contributed by atoms with van der Waals surface area (Å²) in [6, 6.07) is 22.2. The van der Waals surface area contributed by atoms with E-state index in [-0.39, 0.29) is 16.2 Å². The van der Waals surface area contributed by atoms with Crippen LogP contribution in [0.5, 0.6) is 0 Å². The van der Waals surface area contributed by atoms with Crippen LogP contribution in [0.1, 0.15) is 0 Å². The summed E-state index contributed by atoms with van der Waals surface area (Å²) >= 11 is 5.96. The lowest BCUT2D eigenvalue weighted by atomic mass is 10.3. The van der Waals surface area contributed by atoms with Crippen LogP contribution in [0.2, 0.25) is 5.15 Å². The van der Waals surface area contributed by atoms with E-state index >= 15 is 0 Å². The summed E-state index contributed by atoms with van der Waals surface area (Å²) in [7, 11) is 0. The lowest BCUT2D eigenvalue weighted by Crippen LogP contribution is -2.23. The maximum Gasteiger partial charge on any atom is 0.286 e. The van der Waals surface area contributed by atoms with Gasteiger partial charge in [0.15, 0.2) is 5.52 Å². The fourth-order valence-corrected chi connectivity index (χ4v) is 2.74. The summed E-state index contributed by atoms with van der Waals surface area (Å²) in [6.07, 6.45) is 0. The Labute approximate surface area is 148 Å². The maximum atomic E-state index is 13.1. The Morgan fingerprint density at radius 3 is 2.24 bits per heavy atom. The average molecular weight is 349 g/mol. The molecule has 0 bridgehead atoms. The molecule has 2 heterocycles. The lowest BCUT2D eigenvalue weighted by molar-refractivity contribution is 0.966. The SMILES string of the molecule is O=c1c2nc(Cl)ccc2nc(Nc2ccccc2)n1-c1ccccc1. The molecule has 25 heavy (non-hydrogen) atoms. The van der Waals surface area contributed by atoms with E-state index in [1.165, 1.54) is 4.57 Å². The first-order valence-corrected chi connectivity index (χ1v) is 8.07. The van der Waals surface area contributed by atoms with E-state index in [2.05, 4.69) is 15.3 Å². The van der Waals surface area contributed by atoms with Gasteiger partial charge in [0.05, 0.1) is 11.2 Å². The minimum Gasteiger partial charge on any atom is -0.325 e.